The molecular formula is C18H28N2O5. The smallest absolute Gasteiger partial charge is 0.249 e. The van der Waals surface area contributed by atoms with Crippen molar-refractivity contribution in [1.82, 2.24) is 5.32 Å². The molecule has 0 spiro atoms. The number of aliphatic hydroxyl groups excluding tert-OH is 2. The fourth-order valence-corrected chi connectivity index (χ4v) is 2.91. The molecule has 1 amide bonds. The maximum Gasteiger partial charge on any atom is 0.249 e. The lowest BCUT2D eigenvalue weighted by Gasteiger charge is -2.39. The summed E-state index contributed by atoms with van der Waals surface area (Å²) in [5.41, 5.74) is 7.05. The van der Waals surface area contributed by atoms with Gasteiger partial charge in [0.1, 0.15) is 24.4 Å². The van der Waals surface area contributed by atoms with Crippen molar-refractivity contribution in [2.45, 2.75) is 56.8 Å². The minimum atomic E-state index is -1.08. The number of nitrogens with one attached hydrogen (secondary N) is 1. The van der Waals surface area contributed by atoms with Crippen molar-refractivity contribution in [2.24, 2.45) is 5.73 Å². The average molecular weight is 352 g/mol. The Labute approximate surface area is 148 Å². The van der Waals surface area contributed by atoms with E-state index in [9.17, 15) is 15.0 Å². The van der Waals surface area contributed by atoms with Gasteiger partial charge in [-0.25, -0.2) is 0 Å². The van der Waals surface area contributed by atoms with Gasteiger partial charge in [-0.2, -0.15) is 0 Å². The summed E-state index contributed by atoms with van der Waals surface area (Å²) in [6.07, 6.45) is -2.66. The first-order chi connectivity index (χ1) is 11.9. The molecule has 6 atom stereocenters. The summed E-state index contributed by atoms with van der Waals surface area (Å²) >= 11 is 0. The van der Waals surface area contributed by atoms with E-state index >= 15 is 0 Å². The first-order valence-corrected chi connectivity index (χ1v) is 8.58. The van der Waals surface area contributed by atoms with Gasteiger partial charge in [-0.3, -0.25) is 4.79 Å². The van der Waals surface area contributed by atoms with Gasteiger partial charge in [-0.1, -0.05) is 30.3 Å². The van der Waals surface area contributed by atoms with Crippen molar-refractivity contribution in [3.05, 3.63) is 35.9 Å². The number of carbonyl (C=O) groups excluding carboxylic acids is 1. The van der Waals surface area contributed by atoms with Gasteiger partial charge in [0, 0.05) is 6.04 Å². The molecule has 2 rings (SSSR count). The third-order valence-electron chi connectivity index (χ3n) is 4.33. The highest BCUT2D eigenvalue weighted by atomic mass is 16.6. The van der Waals surface area contributed by atoms with Crippen LogP contribution in [0.3, 0.4) is 0 Å². The fraction of sp³-hybridized carbons (Fsp3) is 0.611. The number of ether oxygens (including phenoxy) is 2. The number of amides is 1. The Bertz CT molecular complexity index is 542. The number of hydrogen-bond acceptors (Lipinski definition) is 6. The van der Waals surface area contributed by atoms with Crippen LogP contribution in [0.15, 0.2) is 30.3 Å². The molecule has 1 aromatic carbocycles. The SMILES string of the molecule is C[C@@H](Cc1ccccc1)NC(=O)[C@@H](C)OC1[C@H](O)C(CO)OC[C@@H]1N. The highest BCUT2D eigenvalue weighted by molar-refractivity contribution is 5.80. The molecule has 7 heteroatoms. The molecule has 0 aliphatic carbocycles. The Morgan fingerprint density at radius 1 is 1.40 bits per heavy atom. The van der Waals surface area contributed by atoms with Crippen LogP contribution in [0.5, 0.6) is 0 Å². The molecule has 1 aliphatic heterocycles. The summed E-state index contributed by atoms with van der Waals surface area (Å²) in [6.45, 7) is 3.37. The van der Waals surface area contributed by atoms with Crippen molar-refractivity contribution >= 4 is 5.91 Å². The summed E-state index contributed by atoms with van der Waals surface area (Å²) in [5.74, 6) is -0.269. The van der Waals surface area contributed by atoms with Crippen LogP contribution in [0, 0.1) is 0 Å². The summed E-state index contributed by atoms with van der Waals surface area (Å²) in [4.78, 5) is 12.3. The second-order valence-corrected chi connectivity index (χ2v) is 6.55. The van der Waals surface area contributed by atoms with Crippen molar-refractivity contribution < 1.29 is 24.5 Å². The van der Waals surface area contributed by atoms with Crippen LogP contribution in [0.4, 0.5) is 0 Å². The molecule has 7 nitrogen and oxygen atoms in total. The van der Waals surface area contributed by atoms with Crippen LogP contribution in [-0.2, 0) is 20.7 Å². The van der Waals surface area contributed by atoms with Gasteiger partial charge in [-0.05, 0) is 25.8 Å². The Morgan fingerprint density at radius 2 is 2.08 bits per heavy atom. The van der Waals surface area contributed by atoms with E-state index in [0.29, 0.717) is 6.42 Å². The van der Waals surface area contributed by atoms with Crippen LogP contribution in [0.2, 0.25) is 0 Å². The molecule has 0 aromatic heterocycles. The topological polar surface area (TPSA) is 114 Å². The van der Waals surface area contributed by atoms with Gasteiger partial charge in [0.05, 0.1) is 19.3 Å². The van der Waals surface area contributed by atoms with E-state index in [1.54, 1.807) is 6.92 Å². The van der Waals surface area contributed by atoms with Gasteiger partial charge in [0.25, 0.3) is 0 Å². The lowest BCUT2D eigenvalue weighted by atomic mass is 9.98. The standard InChI is InChI=1S/C18H28N2O5/c1-11(8-13-6-4-3-5-7-13)20-18(23)12(2)25-17-14(19)10-24-15(9-21)16(17)22/h3-7,11-12,14-17,21-22H,8-10,19H2,1-2H3,(H,20,23)/t11-,12+,14-,15?,16+,17?/m0/s1. The highest BCUT2D eigenvalue weighted by Gasteiger charge is 2.40. The van der Waals surface area contributed by atoms with E-state index in [-0.39, 0.29) is 25.2 Å². The Balaban J connectivity index is 1.86. The molecule has 140 valence electrons. The third kappa shape index (κ3) is 5.49. The maximum atomic E-state index is 12.3. The zero-order chi connectivity index (χ0) is 18.4. The van der Waals surface area contributed by atoms with E-state index in [0.717, 1.165) is 5.56 Å². The van der Waals surface area contributed by atoms with Gasteiger partial charge < -0.3 is 30.7 Å². The number of aliphatic hydroxyl groups is 2. The van der Waals surface area contributed by atoms with Crippen LogP contribution in [-0.4, -0.2) is 65.8 Å². The molecule has 1 aromatic rings. The molecule has 0 saturated carbocycles. The van der Waals surface area contributed by atoms with Gasteiger partial charge in [0.15, 0.2) is 0 Å². The van der Waals surface area contributed by atoms with E-state index in [1.807, 2.05) is 37.3 Å². The van der Waals surface area contributed by atoms with E-state index in [4.69, 9.17) is 15.2 Å². The van der Waals surface area contributed by atoms with E-state index < -0.39 is 30.5 Å². The fourth-order valence-electron chi connectivity index (χ4n) is 2.91. The molecule has 2 unspecified atom stereocenters. The maximum absolute atomic E-state index is 12.3. The zero-order valence-electron chi connectivity index (χ0n) is 14.7. The second kappa shape index (κ2) is 9.26. The van der Waals surface area contributed by atoms with Crippen LogP contribution in [0.25, 0.3) is 0 Å². The Hall–Kier alpha value is -1.51. The molecule has 25 heavy (non-hydrogen) atoms. The van der Waals surface area contributed by atoms with Crippen LogP contribution < -0.4 is 11.1 Å². The van der Waals surface area contributed by atoms with Crippen LogP contribution in [0.1, 0.15) is 19.4 Å². The predicted molar refractivity (Wildman–Crippen MR) is 92.9 cm³/mol. The predicted octanol–water partition coefficient (Wildman–Crippen LogP) is -0.413. The lowest BCUT2D eigenvalue weighted by Crippen LogP contribution is -2.60. The molecule has 1 fully saturated rings. The van der Waals surface area contributed by atoms with Crippen molar-refractivity contribution in [3.63, 3.8) is 0 Å². The highest BCUT2D eigenvalue weighted by Crippen LogP contribution is 2.18. The Morgan fingerprint density at radius 3 is 2.72 bits per heavy atom. The molecule has 1 aliphatic rings. The number of rotatable bonds is 7. The first-order valence-electron chi connectivity index (χ1n) is 8.58. The molecule has 1 heterocycles. The van der Waals surface area contributed by atoms with Crippen molar-refractivity contribution in [2.75, 3.05) is 13.2 Å². The van der Waals surface area contributed by atoms with E-state index in [2.05, 4.69) is 5.32 Å². The quantitative estimate of drug-likeness (QED) is 0.530. The van der Waals surface area contributed by atoms with Crippen molar-refractivity contribution in [1.29, 1.82) is 0 Å². The minimum Gasteiger partial charge on any atom is -0.394 e. The van der Waals surface area contributed by atoms with E-state index in [1.165, 1.54) is 0 Å². The molecule has 5 N–H and O–H groups in total. The monoisotopic (exact) mass is 352 g/mol. The van der Waals surface area contributed by atoms with Crippen molar-refractivity contribution in [3.8, 4) is 0 Å². The molecule has 0 bridgehead atoms. The zero-order valence-corrected chi connectivity index (χ0v) is 14.7. The normalized spacial score (nSPS) is 29.0. The summed E-state index contributed by atoms with van der Waals surface area (Å²) < 4.78 is 10.9. The Kier molecular flexibility index (Phi) is 7.34. The third-order valence-corrected chi connectivity index (χ3v) is 4.33. The van der Waals surface area contributed by atoms with Gasteiger partial charge in [0.2, 0.25) is 5.91 Å². The average Bonchev–Trinajstić information content (AvgIpc) is 2.59. The molecular weight excluding hydrogens is 324 g/mol. The first kappa shape index (κ1) is 19.8. The molecule has 1 saturated heterocycles. The summed E-state index contributed by atoms with van der Waals surface area (Å²) in [6, 6.07) is 9.27. The van der Waals surface area contributed by atoms with Gasteiger partial charge in [-0.15, -0.1) is 0 Å². The lowest BCUT2D eigenvalue weighted by molar-refractivity contribution is -0.188. The number of carbonyl (C=O) groups is 1. The summed E-state index contributed by atoms with van der Waals surface area (Å²) in [7, 11) is 0. The number of hydrogen-bond donors (Lipinski definition) is 4. The van der Waals surface area contributed by atoms with Gasteiger partial charge >= 0.3 is 0 Å². The number of benzene rings is 1. The minimum absolute atomic E-state index is 0.0561. The largest absolute Gasteiger partial charge is 0.394 e. The summed E-state index contributed by atoms with van der Waals surface area (Å²) in [5, 5.41) is 22.3. The van der Waals surface area contributed by atoms with Crippen LogP contribution >= 0.6 is 0 Å². The molecule has 0 radical (unpaired) electrons. The second-order valence-electron chi connectivity index (χ2n) is 6.55. The number of nitrogens with two attached hydrogens (primary N) is 1.